The maximum Gasteiger partial charge on any atom is 0.490 e. The lowest BCUT2D eigenvalue weighted by Gasteiger charge is -2.25. The van der Waals surface area contributed by atoms with Gasteiger partial charge in [0.15, 0.2) is 0 Å². The lowest BCUT2D eigenvalue weighted by atomic mass is 9.85. The molecule has 4 heterocycles. The molecular formula is C33H43F3N4O7. The van der Waals surface area contributed by atoms with Crippen molar-refractivity contribution < 1.29 is 47.2 Å². The smallest absolute Gasteiger partial charge is 0.490 e. The summed E-state index contributed by atoms with van der Waals surface area (Å²) in [5, 5.41) is 22.2. The molecule has 1 aromatic carbocycles. The molecule has 14 heteroatoms. The van der Waals surface area contributed by atoms with E-state index >= 15 is 0 Å². The molecule has 1 fully saturated rings. The third-order valence-electron chi connectivity index (χ3n) is 7.91. The highest BCUT2D eigenvalue weighted by Crippen LogP contribution is 2.36. The largest absolute Gasteiger partial charge is 0.496 e. The van der Waals surface area contributed by atoms with Crippen molar-refractivity contribution in [2.75, 3.05) is 45.9 Å². The summed E-state index contributed by atoms with van der Waals surface area (Å²) in [4.78, 5) is 25.3. The number of pyridine rings is 1. The highest BCUT2D eigenvalue weighted by Gasteiger charge is 2.38. The minimum absolute atomic E-state index is 0.0304. The first-order valence-electron chi connectivity index (χ1n) is 15.4. The number of carbonyl (C=O) groups excluding carboxylic acids is 1. The molecule has 2 aliphatic heterocycles. The number of halogens is 3. The summed E-state index contributed by atoms with van der Waals surface area (Å²) in [5.41, 5.74) is 5.55. The number of hydrogen-bond acceptors (Lipinski definition) is 9. The van der Waals surface area contributed by atoms with Crippen LogP contribution in [0, 0.1) is 0 Å². The average Bonchev–Trinajstić information content (AvgIpc) is 3.43. The van der Waals surface area contributed by atoms with Gasteiger partial charge in [-0.15, -0.1) is 0 Å². The fourth-order valence-electron chi connectivity index (χ4n) is 5.56. The van der Waals surface area contributed by atoms with Crippen LogP contribution in [0.2, 0.25) is 0 Å². The van der Waals surface area contributed by atoms with Crippen LogP contribution in [0.4, 0.5) is 19.0 Å². The van der Waals surface area contributed by atoms with E-state index in [-0.39, 0.29) is 5.92 Å². The van der Waals surface area contributed by atoms with Crippen LogP contribution in [0.25, 0.3) is 0 Å². The highest BCUT2D eigenvalue weighted by molar-refractivity contribution is 5.73. The predicted octanol–water partition coefficient (Wildman–Crippen LogP) is 4.85. The van der Waals surface area contributed by atoms with E-state index in [0.717, 1.165) is 93.8 Å². The van der Waals surface area contributed by atoms with Crippen LogP contribution in [0.5, 0.6) is 11.6 Å². The molecule has 3 N–H and O–H groups in total. The number of aromatic nitrogens is 3. The van der Waals surface area contributed by atoms with Gasteiger partial charge in [-0.25, -0.2) is 14.5 Å². The van der Waals surface area contributed by atoms with E-state index in [0.29, 0.717) is 31.2 Å². The number of rotatable bonds is 11. The molecule has 1 saturated heterocycles. The molecule has 0 amide bonds. The number of benzene rings is 1. The van der Waals surface area contributed by atoms with E-state index < -0.39 is 12.1 Å². The fraction of sp³-hybridized carbons (Fsp3) is 0.515. The molecule has 2 aromatic heterocycles. The van der Waals surface area contributed by atoms with Gasteiger partial charge in [0.25, 0.3) is 0 Å². The number of nitrogens with one attached hydrogen (secondary N) is 1. The van der Waals surface area contributed by atoms with Gasteiger partial charge >= 0.3 is 12.1 Å². The topological polar surface area (TPSA) is 145 Å². The summed E-state index contributed by atoms with van der Waals surface area (Å²) in [5.74, 6) is 0.218. The van der Waals surface area contributed by atoms with Crippen molar-refractivity contribution >= 4 is 18.1 Å². The van der Waals surface area contributed by atoms with Gasteiger partial charge in [-0.1, -0.05) is 18.2 Å². The molecule has 5 rings (SSSR count). The Kier molecular flexibility index (Phi) is 14.5. The fourth-order valence-corrected chi connectivity index (χ4v) is 5.56. The van der Waals surface area contributed by atoms with Gasteiger partial charge in [0, 0.05) is 58.5 Å². The summed E-state index contributed by atoms with van der Waals surface area (Å²) in [6, 6.07) is 12.7. The summed E-state index contributed by atoms with van der Waals surface area (Å²) in [7, 11) is 4.58. The lowest BCUT2D eigenvalue weighted by molar-refractivity contribution is -0.192. The van der Waals surface area contributed by atoms with Gasteiger partial charge in [-0.2, -0.15) is 18.3 Å². The van der Waals surface area contributed by atoms with Gasteiger partial charge < -0.3 is 34.5 Å². The van der Waals surface area contributed by atoms with Crippen LogP contribution in [-0.4, -0.2) is 84.0 Å². The van der Waals surface area contributed by atoms with Crippen LogP contribution in [-0.2, 0) is 40.6 Å². The monoisotopic (exact) mass is 664 g/mol. The standard InChI is InChI=1S/C30H38N4O4.C2HF3O2.CH4O/c1-34-29(38-17-12-25-7-5-22-4-3-13-31-30(22)32-25)20-26(33-34)18-24(9-14-35)27-19-23(6-8-28(27)36-2)21-10-15-37-16-11-21;3-2(4,5)1(6)7;1-2/h5-8,14,19-21,24H,3-4,9-13,15-18H2,1-2H3,(H,31,32);(H,6,7);2H,1H3. The molecule has 0 radical (unpaired) electrons. The number of carboxylic acids is 1. The highest BCUT2D eigenvalue weighted by atomic mass is 19.4. The van der Waals surface area contributed by atoms with E-state index in [1.165, 1.54) is 11.1 Å². The van der Waals surface area contributed by atoms with Gasteiger partial charge in [-0.3, -0.25) is 0 Å². The Morgan fingerprint density at radius 3 is 2.55 bits per heavy atom. The third kappa shape index (κ3) is 11.0. The van der Waals surface area contributed by atoms with Gasteiger partial charge in [0.2, 0.25) is 5.88 Å². The molecule has 258 valence electrons. The first kappa shape index (κ1) is 37.3. The normalized spacial score (nSPS) is 15.0. The Hall–Kier alpha value is -4.17. The van der Waals surface area contributed by atoms with Crippen molar-refractivity contribution in [2.24, 2.45) is 7.05 Å². The van der Waals surface area contributed by atoms with Crippen LogP contribution < -0.4 is 14.8 Å². The van der Waals surface area contributed by atoms with Crippen molar-refractivity contribution in [1.29, 1.82) is 0 Å². The zero-order chi connectivity index (χ0) is 34.4. The van der Waals surface area contributed by atoms with Crippen molar-refractivity contribution in [3.05, 3.63) is 64.5 Å². The number of anilines is 1. The molecule has 0 spiro atoms. The predicted molar refractivity (Wildman–Crippen MR) is 168 cm³/mol. The number of aliphatic hydroxyl groups excluding tert-OH is 1. The number of aryl methyl sites for hydroxylation is 2. The van der Waals surface area contributed by atoms with E-state index in [2.05, 4.69) is 29.6 Å². The zero-order valence-electron chi connectivity index (χ0n) is 26.9. The van der Waals surface area contributed by atoms with Gasteiger partial charge in [0.05, 0.1) is 19.4 Å². The number of aliphatic hydroxyl groups is 1. The zero-order valence-corrected chi connectivity index (χ0v) is 26.9. The number of carboxylic acid groups (broad SMARTS) is 1. The number of fused-ring (bicyclic) bond motifs is 1. The summed E-state index contributed by atoms with van der Waals surface area (Å²) >= 11 is 0. The summed E-state index contributed by atoms with van der Waals surface area (Å²) in [6.07, 6.45) is 1.93. The number of aldehydes is 1. The Balaban J connectivity index is 0.000000593. The number of nitrogens with zero attached hydrogens (tertiary/aromatic N) is 3. The summed E-state index contributed by atoms with van der Waals surface area (Å²) in [6.45, 7) is 3.08. The van der Waals surface area contributed by atoms with Crippen molar-refractivity contribution in [1.82, 2.24) is 14.8 Å². The van der Waals surface area contributed by atoms with E-state index in [1.54, 1.807) is 11.8 Å². The molecule has 1 unspecified atom stereocenters. The number of alkyl halides is 3. The number of methoxy groups -OCH3 is 1. The van der Waals surface area contributed by atoms with E-state index in [1.807, 2.05) is 19.2 Å². The first-order valence-corrected chi connectivity index (χ1v) is 15.4. The van der Waals surface area contributed by atoms with Crippen molar-refractivity contribution in [3.8, 4) is 11.6 Å². The van der Waals surface area contributed by atoms with Crippen LogP contribution >= 0.6 is 0 Å². The van der Waals surface area contributed by atoms with E-state index in [4.69, 9.17) is 39.3 Å². The minimum Gasteiger partial charge on any atom is -0.496 e. The number of hydrogen-bond donors (Lipinski definition) is 3. The molecule has 0 saturated carbocycles. The molecular weight excluding hydrogens is 621 g/mol. The maximum atomic E-state index is 11.7. The molecule has 47 heavy (non-hydrogen) atoms. The lowest BCUT2D eigenvalue weighted by Crippen LogP contribution is -2.21. The molecule has 0 bridgehead atoms. The van der Waals surface area contributed by atoms with Crippen LogP contribution in [0.1, 0.15) is 65.6 Å². The van der Waals surface area contributed by atoms with E-state index in [9.17, 15) is 18.0 Å². The summed E-state index contributed by atoms with van der Waals surface area (Å²) < 4.78 is 50.9. The van der Waals surface area contributed by atoms with Crippen molar-refractivity contribution in [3.63, 3.8) is 0 Å². The number of ether oxygens (including phenoxy) is 3. The Morgan fingerprint density at radius 2 is 1.89 bits per heavy atom. The second-order valence-corrected chi connectivity index (χ2v) is 11.0. The quantitative estimate of drug-likeness (QED) is 0.243. The second kappa shape index (κ2) is 18.2. The second-order valence-electron chi connectivity index (χ2n) is 11.0. The van der Waals surface area contributed by atoms with Crippen molar-refractivity contribution in [2.45, 2.75) is 63.0 Å². The number of carbonyl (C=O) groups is 2. The molecule has 11 nitrogen and oxygen atoms in total. The first-order chi connectivity index (χ1) is 22.6. The Bertz CT molecular complexity index is 1440. The minimum atomic E-state index is -5.08. The Labute approximate surface area is 272 Å². The molecule has 3 aromatic rings. The van der Waals surface area contributed by atoms with Crippen LogP contribution in [0.3, 0.4) is 0 Å². The number of aliphatic carboxylic acids is 1. The van der Waals surface area contributed by atoms with Crippen LogP contribution in [0.15, 0.2) is 36.4 Å². The third-order valence-corrected chi connectivity index (χ3v) is 7.91. The average molecular weight is 665 g/mol. The molecule has 1 atom stereocenters. The van der Waals surface area contributed by atoms with Gasteiger partial charge in [0.1, 0.15) is 17.9 Å². The molecule has 2 aliphatic rings. The SMILES string of the molecule is CO.COc1ccc(C2CCOCC2)cc1C(CC=O)Cc1cc(OCCc2ccc3c(n2)NCCC3)n(C)n1.O=C(O)C(F)(F)F. The maximum absolute atomic E-state index is 11.7. The Morgan fingerprint density at radius 1 is 1.17 bits per heavy atom. The molecule has 0 aliphatic carbocycles. The van der Waals surface area contributed by atoms with Gasteiger partial charge in [-0.05, 0) is 72.8 Å².